The van der Waals surface area contributed by atoms with Gasteiger partial charge < -0.3 is 15.3 Å². The Morgan fingerprint density at radius 1 is 1.04 bits per heavy atom. The number of anilines is 1. The molecule has 0 spiro atoms. The second-order valence-corrected chi connectivity index (χ2v) is 7.62. The number of hydrogen-bond donors (Lipinski definition) is 3. The molecule has 0 radical (unpaired) electrons. The molecule has 28 heavy (non-hydrogen) atoms. The molecular weight excluding hydrogens is 356 g/mol. The van der Waals surface area contributed by atoms with Crippen LogP contribution in [0.3, 0.4) is 0 Å². The summed E-state index contributed by atoms with van der Waals surface area (Å²) < 4.78 is 0. The molecular formula is C19H22N8O. The summed E-state index contributed by atoms with van der Waals surface area (Å²) in [6.07, 6.45) is 4.85. The fourth-order valence-corrected chi connectivity index (χ4v) is 4.36. The third-order valence-electron chi connectivity index (χ3n) is 5.88. The zero-order chi connectivity index (χ0) is 19.1. The van der Waals surface area contributed by atoms with Crippen LogP contribution in [-0.4, -0.2) is 61.1 Å². The Morgan fingerprint density at radius 3 is 2.50 bits per heavy atom. The van der Waals surface area contributed by atoms with Crippen LogP contribution in [0.15, 0.2) is 30.3 Å². The molecule has 9 heteroatoms. The smallest absolute Gasteiger partial charge is 0.204 e. The van der Waals surface area contributed by atoms with Gasteiger partial charge in [0.25, 0.3) is 0 Å². The van der Waals surface area contributed by atoms with Crippen molar-refractivity contribution in [3.63, 3.8) is 0 Å². The van der Waals surface area contributed by atoms with Gasteiger partial charge in [0.1, 0.15) is 5.75 Å². The van der Waals surface area contributed by atoms with Gasteiger partial charge in [-0.1, -0.05) is 6.07 Å². The Hall–Kier alpha value is -3.07. The van der Waals surface area contributed by atoms with Crippen molar-refractivity contribution in [3.8, 4) is 28.4 Å². The summed E-state index contributed by atoms with van der Waals surface area (Å²) in [5, 5.41) is 36.7. The molecule has 0 amide bonds. The number of rotatable bonds is 4. The molecule has 3 N–H and O–H groups in total. The molecule has 9 nitrogen and oxygen atoms in total. The molecule has 1 aromatic carbocycles. The van der Waals surface area contributed by atoms with Crippen LogP contribution in [0.5, 0.6) is 5.75 Å². The summed E-state index contributed by atoms with van der Waals surface area (Å²) in [5.74, 6) is 1.39. The summed E-state index contributed by atoms with van der Waals surface area (Å²) in [6.45, 7) is 0. The van der Waals surface area contributed by atoms with Crippen LogP contribution in [0.4, 0.5) is 5.82 Å². The molecule has 2 aromatic heterocycles. The molecule has 2 fully saturated rings. The van der Waals surface area contributed by atoms with Crippen LogP contribution < -0.4 is 10.2 Å². The normalized spacial score (nSPS) is 23.7. The van der Waals surface area contributed by atoms with E-state index in [4.69, 9.17) is 0 Å². The Kier molecular flexibility index (Phi) is 4.16. The molecule has 5 rings (SSSR count). The van der Waals surface area contributed by atoms with Crippen LogP contribution in [0.1, 0.15) is 25.7 Å². The minimum Gasteiger partial charge on any atom is -0.507 e. The quantitative estimate of drug-likeness (QED) is 0.629. The number of benzene rings is 1. The zero-order valence-electron chi connectivity index (χ0n) is 15.6. The Labute approximate surface area is 162 Å². The number of phenolic OH excluding ortho intramolecular Hbond substituents is 1. The van der Waals surface area contributed by atoms with Crippen LogP contribution in [0.25, 0.3) is 22.6 Å². The lowest BCUT2D eigenvalue weighted by atomic mass is 9.98. The van der Waals surface area contributed by atoms with Gasteiger partial charge in [-0.15, -0.1) is 20.4 Å². The van der Waals surface area contributed by atoms with Gasteiger partial charge >= 0.3 is 0 Å². The van der Waals surface area contributed by atoms with E-state index in [9.17, 15) is 5.11 Å². The number of aromatic hydroxyl groups is 1. The van der Waals surface area contributed by atoms with E-state index < -0.39 is 0 Å². The monoisotopic (exact) mass is 378 g/mol. The van der Waals surface area contributed by atoms with Crippen molar-refractivity contribution < 1.29 is 5.11 Å². The Bertz CT molecular complexity index is 947. The van der Waals surface area contributed by atoms with E-state index >= 15 is 0 Å². The van der Waals surface area contributed by atoms with Gasteiger partial charge in [-0.2, -0.15) is 5.21 Å². The van der Waals surface area contributed by atoms with Gasteiger partial charge in [-0.25, -0.2) is 0 Å². The number of aromatic nitrogens is 6. The van der Waals surface area contributed by atoms with Crippen molar-refractivity contribution >= 4 is 5.82 Å². The van der Waals surface area contributed by atoms with E-state index in [0.717, 1.165) is 18.7 Å². The maximum absolute atomic E-state index is 10.4. The third kappa shape index (κ3) is 3.07. The first-order valence-corrected chi connectivity index (χ1v) is 9.57. The SMILES string of the molecule is CN(c1ccc(-c2ccc(-c3nn[nH]n3)cc2O)nn1)C1CC2CCC(C1)N2. The highest BCUT2D eigenvalue weighted by atomic mass is 16.3. The fraction of sp³-hybridized carbons (Fsp3) is 0.421. The van der Waals surface area contributed by atoms with E-state index in [-0.39, 0.29) is 5.75 Å². The van der Waals surface area contributed by atoms with Gasteiger partial charge in [-0.3, -0.25) is 0 Å². The molecule has 0 saturated carbocycles. The van der Waals surface area contributed by atoms with Crippen molar-refractivity contribution in [2.24, 2.45) is 0 Å². The number of tetrazole rings is 1. The number of fused-ring (bicyclic) bond motifs is 2. The number of nitrogens with one attached hydrogen (secondary N) is 2. The highest BCUT2D eigenvalue weighted by Gasteiger charge is 2.35. The molecule has 0 aliphatic carbocycles. The van der Waals surface area contributed by atoms with Gasteiger partial charge in [0, 0.05) is 36.3 Å². The summed E-state index contributed by atoms with van der Waals surface area (Å²) >= 11 is 0. The zero-order valence-corrected chi connectivity index (χ0v) is 15.6. The predicted molar refractivity (Wildman–Crippen MR) is 104 cm³/mol. The summed E-state index contributed by atoms with van der Waals surface area (Å²) in [4.78, 5) is 2.24. The standard InChI is InChI=1S/C19H22N8O/c1-27(14-9-12-3-4-13(10-14)20-12)18-7-6-16(21-22-18)15-5-2-11(8-17(15)28)19-23-25-26-24-19/h2,5-8,12-14,20,28H,3-4,9-10H2,1H3,(H,23,24,25,26). The first-order valence-electron chi connectivity index (χ1n) is 9.57. The number of piperidine rings is 1. The molecule has 2 unspecified atom stereocenters. The maximum Gasteiger partial charge on any atom is 0.204 e. The minimum atomic E-state index is 0.104. The topological polar surface area (TPSA) is 116 Å². The number of H-pyrrole nitrogens is 1. The van der Waals surface area contributed by atoms with Crippen molar-refractivity contribution in [1.29, 1.82) is 0 Å². The maximum atomic E-state index is 10.4. The van der Waals surface area contributed by atoms with Crippen molar-refractivity contribution in [3.05, 3.63) is 30.3 Å². The molecule has 2 aliphatic heterocycles. The highest BCUT2D eigenvalue weighted by Crippen LogP contribution is 2.33. The Balaban J connectivity index is 1.35. The van der Waals surface area contributed by atoms with E-state index in [0.29, 0.717) is 40.8 Å². The number of nitrogens with zero attached hydrogens (tertiary/aromatic N) is 6. The first kappa shape index (κ1) is 17.1. The lowest BCUT2D eigenvalue weighted by molar-refractivity contribution is 0.353. The molecule has 2 saturated heterocycles. The molecule has 4 heterocycles. The predicted octanol–water partition coefficient (Wildman–Crippen LogP) is 1.75. The second kappa shape index (κ2) is 6.83. The molecule has 2 bridgehead atoms. The van der Waals surface area contributed by atoms with Crippen molar-refractivity contribution in [1.82, 2.24) is 36.1 Å². The third-order valence-corrected chi connectivity index (χ3v) is 5.88. The first-order chi connectivity index (χ1) is 13.7. The van der Waals surface area contributed by atoms with Crippen LogP contribution >= 0.6 is 0 Å². The Morgan fingerprint density at radius 2 is 1.86 bits per heavy atom. The summed E-state index contributed by atoms with van der Waals surface area (Å²) in [7, 11) is 2.09. The lowest BCUT2D eigenvalue weighted by Gasteiger charge is -2.36. The summed E-state index contributed by atoms with van der Waals surface area (Å²) in [6, 6.07) is 10.8. The fourth-order valence-electron chi connectivity index (χ4n) is 4.36. The van der Waals surface area contributed by atoms with Crippen molar-refractivity contribution in [2.75, 3.05) is 11.9 Å². The summed E-state index contributed by atoms with van der Waals surface area (Å²) in [5.41, 5.74) is 1.92. The van der Waals surface area contributed by atoms with Gasteiger partial charge in [0.2, 0.25) is 5.82 Å². The van der Waals surface area contributed by atoms with E-state index in [1.54, 1.807) is 12.1 Å². The van der Waals surface area contributed by atoms with Gasteiger partial charge in [0.15, 0.2) is 5.82 Å². The average Bonchev–Trinajstić information content (AvgIpc) is 3.37. The van der Waals surface area contributed by atoms with E-state index in [2.05, 4.69) is 48.1 Å². The molecule has 2 atom stereocenters. The second-order valence-electron chi connectivity index (χ2n) is 7.62. The molecule has 2 aliphatic rings. The van der Waals surface area contributed by atoms with Crippen LogP contribution in [0, 0.1) is 0 Å². The number of hydrogen-bond acceptors (Lipinski definition) is 8. The lowest BCUT2D eigenvalue weighted by Crippen LogP contribution is -2.47. The number of aromatic amines is 1. The minimum absolute atomic E-state index is 0.104. The van der Waals surface area contributed by atoms with Gasteiger partial charge in [0.05, 0.1) is 5.69 Å². The van der Waals surface area contributed by atoms with Crippen LogP contribution in [-0.2, 0) is 0 Å². The van der Waals surface area contributed by atoms with Crippen molar-refractivity contribution in [2.45, 2.75) is 43.8 Å². The molecule has 3 aromatic rings. The highest BCUT2D eigenvalue weighted by molar-refractivity contribution is 5.72. The average molecular weight is 378 g/mol. The van der Waals surface area contributed by atoms with E-state index in [1.165, 1.54) is 12.8 Å². The largest absolute Gasteiger partial charge is 0.507 e. The number of phenols is 1. The van der Waals surface area contributed by atoms with E-state index in [1.807, 2.05) is 18.2 Å². The molecule has 144 valence electrons. The van der Waals surface area contributed by atoms with Crippen LogP contribution in [0.2, 0.25) is 0 Å². The van der Waals surface area contributed by atoms with Gasteiger partial charge in [-0.05, 0) is 55.2 Å².